The Kier molecular flexibility index (Phi) is 3.49. The van der Waals surface area contributed by atoms with Crippen LogP contribution >= 0.6 is 0 Å². The minimum atomic E-state index is -0.510. The third-order valence-electron chi connectivity index (χ3n) is 5.01. The van der Waals surface area contributed by atoms with Gasteiger partial charge in [-0.2, -0.15) is 5.10 Å². The van der Waals surface area contributed by atoms with E-state index in [1.165, 1.54) is 6.20 Å². The molecule has 0 bridgehead atoms. The molecule has 2 aromatic carbocycles. The lowest BCUT2D eigenvalue weighted by Gasteiger charge is -2.10. The molecular weight excluding hydrogens is 348 g/mol. The highest BCUT2D eigenvalue weighted by Gasteiger charge is 2.25. The lowest BCUT2D eigenvalue weighted by molar-refractivity contribution is 0.100. The maximum absolute atomic E-state index is 12.2. The molecule has 1 aliphatic rings. The first-order chi connectivity index (χ1) is 13.7. The molecule has 0 atom stereocenters. The van der Waals surface area contributed by atoms with E-state index in [-0.39, 0.29) is 0 Å². The zero-order chi connectivity index (χ0) is 19.3. The van der Waals surface area contributed by atoms with E-state index in [1.54, 1.807) is 4.52 Å². The Morgan fingerprint density at radius 3 is 2.75 bits per heavy atom. The Balaban J connectivity index is 1.93. The van der Waals surface area contributed by atoms with Crippen LogP contribution in [0.2, 0.25) is 0 Å². The van der Waals surface area contributed by atoms with Crippen LogP contribution in [0.3, 0.4) is 0 Å². The van der Waals surface area contributed by atoms with Crippen molar-refractivity contribution in [2.45, 2.75) is 0 Å². The number of carbonyl (C=O) groups is 1. The first kappa shape index (κ1) is 16.2. The summed E-state index contributed by atoms with van der Waals surface area (Å²) in [6, 6.07) is 17.8. The van der Waals surface area contributed by atoms with Crippen LogP contribution in [0.5, 0.6) is 0 Å². The standard InChI is InChI=1S/C23H16N4O/c1-2-14-6-5-7-15(12-14)21-17-10-11-27-22(17)20(18(13-25-27)23(24)28)16-8-3-4-9-19(16)26-21/h2-13H,1H2,(H2,24,28). The summed E-state index contributed by atoms with van der Waals surface area (Å²) in [5.41, 5.74) is 13.0. The Morgan fingerprint density at radius 1 is 1.07 bits per heavy atom. The van der Waals surface area contributed by atoms with Crippen molar-refractivity contribution in [1.82, 2.24) is 9.61 Å². The van der Waals surface area contributed by atoms with Crippen LogP contribution in [0, 0.1) is 0 Å². The second-order valence-electron chi connectivity index (χ2n) is 6.63. The quantitative estimate of drug-likeness (QED) is 0.520. The topological polar surface area (TPSA) is 72.8 Å². The molecule has 0 saturated heterocycles. The van der Waals surface area contributed by atoms with Crippen molar-refractivity contribution in [1.29, 1.82) is 0 Å². The fourth-order valence-corrected chi connectivity index (χ4v) is 3.73. The molecule has 134 valence electrons. The van der Waals surface area contributed by atoms with Gasteiger partial charge in [0, 0.05) is 28.5 Å². The second kappa shape index (κ2) is 6.03. The zero-order valence-electron chi connectivity index (χ0n) is 15.0. The van der Waals surface area contributed by atoms with Crippen molar-refractivity contribution >= 4 is 28.9 Å². The number of rotatable bonds is 3. The molecule has 0 spiro atoms. The van der Waals surface area contributed by atoms with Gasteiger partial charge in [0.2, 0.25) is 0 Å². The van der Waals surface area contributed by atoms with Crippen molar-refractivity contribution in [3.8, 4) is 11.1 Å². The molecule has 2 aromatic heterocycles. The highest BCUT2D eigenvalue weighted by atomic mass is 16.1. The average molecular weight is 364 g/mol. The highest BCUT2D eigenvalue weighted by Crippen LogP contribution is 2.40. The molecule has 1 amide bonds. The molecule has 0 saturated carbocycles. The molecule has 4 aromatic rings. The van der Waals surface area contributed by atoms with E-state index in [9.17, 15) is 4.79 Å². The number of para-hydroxylation sites is 1. The van der Waals surface area contributed by atoms with E-state index in [0.29, 0.717) is 5.56 Å². The number of hydrogen-bond acceptors (Lipinski definition) is 3. The average Bonchev–Trinajstić information content (AvgIpc) is 3.09. The number of aromatic nitrogens is 2. The number of primary amides is 1. The zero-order valence-corrected chi connectivity index (χ0v) is 15.0. The second-order valence-corrected chi connectivity index (χ2v) is 6.63. The molecule has 0 radical (unpaired) electrons. The van der Waals surface area contributed by atoms with E-state index in [2.05, 4.69) is 11.7 Å². The number of hydrogen-bond donors (Lipinski definition) is 1. The molecule has 0 aliphatic carbocycles. The third-order valence-corrected chi connectivity index (χ3v) is 5.01. The molecule has 0 unspecified atom stereocenters. The molecule has 2 N–H and O–H groups in total. The Labute approximate surface area is 161 Å². The summed E-state index contributed by atoms with van der Waals surface area (Å²) in [7, 11) is 0. The summed E-state index contributed by atoms with van der Waals surface area (Å²) in [6.45, 7) is 3.86. The monoisotopic (exact) mass is 364 g/mol. The SMILES string of the molecule is C=Cc1cccc(C2=Nc3ccccc3-c3c(C(N)=O)cnn4ccc2c34)c1. The van der Waals surface area contributed by atoms with Gasteiger partial charge in [-0.25, -0.2) is 9.51 Å². The van der Waals surface area contributed by atoms with Crippen LogP contribution in [0.25, 0.3) is 22.7 Å². The van der Waals surface area contributed by atoms with Crippen molar-refractivity contribution in [2.75, 3.05) is 0 Å². The molecule has 1 aliphatic heterocycles. The molecule has 0 fully saturated rings. The smallest absolute Gasteiger partial charge is 0.251 e. The van der Waals surface area contributed by atoms with Crippen LogP contribution in [-0.4, -0.2) is 21.2 Å². The van der Waals surface area contributed by atoms with Crippen molar-refractivity contribution in [3.05, 3.63) is 95.8 Å². The van der Waals surface area contributed by atoms with E-state index >= 15 is 0 Å². The van der Waals surface area contributed by atoms with Gasteiger partial charge in [0.15, 0.2) is 0 Å². The van der Waals surface area contributed by atoms with Gasteiger partial charge in [-0.15, -0.1) is 0 Å². The van der Waals surface area contributed by atoms with Crippen LogP contribution < -0.4 is 5.73 Å². The van der Waals surface area contributed by atoms with Crippen LogP contribution in [0.4, 0.5) is 5.69 Å². The minimum Gasteiger partial charge on any atom is -0.366 e. The van der Waals surface area contributed by atoms with Crippen molar-refractivity contribution in [2.24, 2.45) is 10.7 Å². The van der Waals surface area contributed by atoms with Gasteiger partial charge in [-0.1, -0.05) is 49.1 Å². The van der Waals surface area contributed by atoms with E-state index in [4.69, 9.17) is 10.7 Å². The molecule has 3 heterocycles. The number of nitrogens with zero attached hydrogens (tertiary/aromatic N) is 3. The van der Waals surface area contributed by atoms with Gasteiger partial charge in [-0.3, -0.25) is 4.79 Å². The maximum Gasteiger partial charge on any atom is 0.251 e. The summed E-state index contributed by atoms with van der Waals surface area (Å²) in [4.78, 5) is 17.1. The predicted octanol–water partition coefficient (Wildman–Crippen LogP) is 4.23. The predicted molar refractivity (Wildman–Crippen MR) is 111 cm³/mol. The molecule has 28 heavy (non-hydrogen) atoms. The first-order valence-electron chi connectivity index (χ1n) is 8.89. The van der Waals surface area contributed by atoms with Gasteiger partial charge in [0.25, 0.3) is 5.91 Å². The van der Waals surface area contributed by atoms with Gasteiger partial charge in [0.05, 0.1) is 28.7 Å². The summed E-state index contributed by atoms with van der Waals surface area (Å²) >= 11 is 0. The maximum atomic E-state index is 12.2. The third kappa shape index (κ3) is 2.30. The van der Waals surface area contributed by atoms with E-state index in [0.717, 1.165) is 44.7 Å². The van der Waals surface area contributed by atoms with Crippen LogP contribution in [0.1, 0.15) is 27.0 Å². The van der Waals surface area contributed by atoms with Crippen LogP contribution in [-0.2, 0) is 0 Å². The van der Waals surface area contributed by atoms with E-state index < -0.39 is 5.91 Å². The van der Waals surface area contributed by atoms with Gasteiger partial charge in [0.1, 0.15) is 0 Å². The van der Waals surface area contributed by atoms with Gasteiger partial charge in [-0.05, 0) is 23.8 Å². The minimum absolute atomic E-state index is 0.385. The molecule has 5 nitrogen and oxygen atoms in total. The lowest BCUT2D eigenvalue weighted by Crippen LogP contribution is -2.14. The number of benzene rings is 2. The van der Waals surface area contributed by atoms with Crippen LogP contribution in [0.15, 0.2) is 78.6 Å². The van der Waals surface area contributed by atoms with Crippen molar-refractivity contribution in [3.63, 3.8) is 0 Å². The normalized spacial score (nSPS) is 12.2. The summed E-state index contributed by atoms with van der Waals surface area (Å²) in [5.74, 6) is -0.510. The van der Waals surface area contributed by atoms with Crippen molar-refractivity contribution < 1.29 is 4.79 Å². The number of amides is 1. The van der Waals surface area contributed by atoms with E-state index in [1.807, 2.05) is 66.9 Å². The largest absolute Gasteiger partial charge is 0.366 e. The van der Waals surface area contributed by atoms with Gasteiger partial charge < -0.3 is 5.73 Å². The summed E-state index contributed by atoms with van der Waals surface area (Å²) in [6.07, 6.45) is 5.21. The highest BCUT2D eigenvalue weighted by molar-refractivity contribution is 6.22. The lowest BCUT2D eigenvalue weighted by atomic mass is 9.96. The number of fused-ring (bicyclic) bond motifs is 2. The Morgan fingerprint density at radius 2 is 1.93 bits per heavy atom. The molecular formula is C23H16N4O. The first-order valence-corrected chi connectivity index (χ1v) is 8.89. The fourth-order valence-electron chi connectivity index (χ4n) is 3.73. The van der Waals surface area contributed by atoms with Gasteiger partial charge >= 0.3 is 0 Å². The number of aliphatic imine (C=N–C) groups is 1. The summed E-state index contributed by atoms with van der Waals surface area (Å²) in [5, 5.41) is 4.39. The summed E-state index contributed by atoms with van der Waals surface area (Å²) < 4.78 is 1.77. The molecule has 5 heteroatoms. The number of carbonyl (C=O) groups excluding carboxylic acids is 1. The Bertz CT molecular complexity index is 1310. The number of nitrogens with two attached hydrogens (primary N) is 1. The fraction of sp³-hybridized carbons (Fsp3) is 0. The Hall–Kier alpha value is -3.99. The molecule has 5 rings (SSSR count).